The molecule has 1 aromatic rings. The van der Waals surface area contributed by atoms with Crippen molar-refractivity contribution in [1.82, 2.24) is 0 Å². The minimum atomic E-state index is -0.274. The lowest BCUT2D eigenvalue weighted by atomic mass is 9.71. The van der Waals surface area contributed by atoms with Gasteiger partial charge in [0.2, 0.25) is 0 Å². The van der Waals surface area contributed by atoms with Gasteiger partial charge in [0, 0.05) is 44.3 Å². The van der Waals surface area contributed by atoms with Crippen LogP contribution >= 0.6 is 23.5 Å². The molecule has 7 aliphatic rings. The molecule has 0 bridgehead atoms. The van der Waals surface area contributed by atoms with E-state index in [1.165, 1.54) is 43.9 Å². The minimum absolute atomic E-state index is 0.186. The molecule has 2 aliphatic heterocycles. The van der Waals surface area contributed by atoms with Crippen LogP contribution in [0.5, 0.6) is 0 Å². The van der Waals surface area contributed by atoms with Crippen molar-refractivity contribution < 1.29 is 0 Å². The number of aryl methyl sites for hydroxylation is 1. The predicted molar refractivity (Wildman–Crippen MR) is 216 cm³/mol. The fourth-order valence-corrected chi connectivity index (χ4v) is 13.5. The highest BCUT2D eigenvalue weighted by Crippen LogP contribution is 2.61. The van der Waals surface area contributed by atoms with E-state index in [2.05, 4.69) is 167 Å². The van der Waals surface area contributed by atoms with Crippen LogP contribution in [-0.4, -0.2) is 15.7 Å². The third kappa shape index (κ3) is 6.00. The van der Waals surface area contributed by atoms with Crippen molar-refractivity contribution >= 4 is 23.5 Å². The van der Waals surface area contributed by atoms with Crippen molar-refractivity contribution in [1.29, 1.82) is 10.5 Å². The average molecular weight is 703 g/mol. The number of rotatable bonds is 6. The van der Waals surface area contributed by atoms with Crippen molar-refractivity contribution in [2.75, 3.05) is 0 Å². The molecular formula is C47H46N2S2. The number of nitrogens with zero attached hydrogens (tertiary/aromatic N) is 2. The second kappa shape index (κ2) is 14.2. The fourth-order valence-electron chi connectivity index (χ4n) is 9.86. The Labute approximate surface area is 313 Å². The molecule has 2 heterocycles. The second-order valence-electron chi connectivity index (χ2n) is 15.1. The highest BCUT2D eigenvalue weighted by atomic mass is 32.2. The molecule has 1 aromatic carbocycles. The highest BCUT2D eigenvalue weighted by Gasteiger charge is 2.52. The van der Waals surface area contributed by atoms with E-state index in [0.717, 1.165) is 24.8 Å². The molecule has 0 aromatic heterocycles. The Morgan fingerprint density at radius 1 is 0.980 bits per heavy atom. The maximum atomic E-state index is 10.5. The first-order valence-corrected chi connectivity index (χ1v) is 20.5. The van der Waals surface area contributed by atoms with Crippen molar-refractivity contribution in [3.63, 3.8) is 0 Å². The van der Waals surface area contributed by atoms with Gasteiger partial charge in [0.1, 0.15) is 0 Å². The lowest BCUT2D eigenvalue weighted by Crippen LogP contribution is -2.34. The van der Waals surface area contributed by atoms with E-state index >= 15 is 0 Å². The Kier molecular flexibility index (Phi) is 9.52. The summed E-state index contributed by atoms with van der Waals surface area (Å²) in [4.78, 5) is 1.47. The lowest BCUT2D eigenvalue weighted by molar-refractivity contribution is 0.446. The Balaban J connectivity index is 1.08. The third-order valence-electron chi connectivity index (χ3n) is 12.4. The number of hydrogen-bond acceptors (Lipinski definition) is 4. The van der Waals surface area contributed by atoms with Gasteiger partial charge in [0.25, 0.3) is 0 Å². The van der Waals surface area contributed by atoms with Gasteiger partial charge in [0.05, 0.1) is 23.6 Å². The van der Waals surface area contributed by atoms with E-state index in [-0.39, 0.29) is 17.8 Å². The summed E-state index contributed by atoms with van der Waals surface area (Å²) >= 11 is 4.30. The van der Waals surface area contributed by atoms with Crippen LogP contribution in [0.25, 0.3) is 0 Å². The van der Waals surface area contributed by atoms with Crippen LogP contribution in [0.3, 0.4) is 0 Å². The summed E-state index contributed by atoms with van der Waals surface area (Å²) in [5.74, 6) is 1.93. The van der Waals surface area contributed by atoms with Crippen LogP contribution in [-0.2, 0) is 0 Å². The van der Waals surface area contributed by atoms with Gasteiger partial charge < -0.3 is 0 Å². The summed E-state index contributed by atoms with van der Waals surface area (Å²) in [5, 5.41) is 21.8. The molecule has 1 saturated heterocycles. The van der Waals surface area contributed by atoms with E-state index in [1.807, 2.05) is 6.08 Å². The predicted octanol–water partition coefficient (Wildman–Crippen LogP) is 11.8. The molecule has 8 rings (SSSR count). The lowest BCUT2D eigenvalue weighted by Gasteiger charge is -2.34. The zero-order valence-electron chi connectivity index (χ0n) is 30.0. The monoisotopic (exact) mass is 702 g/mol. The normalized spacial score (nSPS) is 33.9. The first-order valence-electron chi connectivity index (χ1n) is 18.7. The molecule has 256 valence electrons. The van der Waals surface area contributed by atoms with Crippen molar-refractivity contribution in [3.05, 3.63) is 164 Å². The molecular weight excluding hydrogens is 657 g/mol. The zero-order valence-corrected chi connectivity index (χ0v) is 31.6. The van der Waals surface area contributed by atoms with Crippen molar-refractivity contribution in [2.24, 2.45) is 35.5 Å². The van der Waals surface area contributed by atoms with Gasteiger partial charge in [-0.3, -0.25) is 0 Å². The molecule has 4 heteroatoms. The van der Waals surface area contributed by atoms with E-state index in [9.17, 15) is 10.5 Å². The standard InChI is InChI=1S/C47H46N2S2/c1-5-11-36(29(3)35-15-8-6-12-28(35)2)30(4)45-34(27-49)14-10-17-38(45)32-19-23-44-42(25-32)40-21-20-39-41-24-31(37-16-9-7-13-33(37)26-48)18-22-43(41)50-46(39)47(40)51-44/h5-8,10-15,17-23,25,29,31,34,36,39-40,42,44,46-47H,9,16,24H2,1-4H3/b11-5-,45-30-/t29?,31?,34-,36?,39?,40?,42?,44?,46?,47?/m1/s1. The number of nitriles is 2. The van der Waals surface area contributed by atoms with E-state index < -0.39 is 0 Å². The van der Waals surface area contributed by atoms with Crippen LogP contribution < -0.4 is 0 Å². The molecule has 10 atom stereocenters. The van der Waals surface area contributed by atoms with Gasteiger partial charge >= 0.3 is 0 Å². The second-order valence-corrected chi connectivity index (χ2v) is 17.7. The maximum absolute atomic E-state index is 10.5. The molecule has 9 unspecified atom stereocenters. The van der Waals surface area contributed by atoms with Crippen LogP contribution in [0.15, 0.2) is 153 Å². The van der Waals surface area contributed by atoms with Crippen LogP contribution in [0.1, 0.15) is 57.1 Å². The number of benzene rings is 1. The number of thioether (sulfide) groups is 2. The largest absolute Gasteiger partial charge is 0.197 e. The van der Waals surface area contributed by atoms with E-state index in [0.29, 0.717) is 39.4 Å². The summed E-state index contributed by atoms with van der Waals surface area (Å²) in [7, 11) is 0. The molecule has 5 aliphatic carbocycles. The molecule has 0 saturated carbocycles. The molecule has 2 nitrogen and oxygen atoms in total. The first-order chi connectivity index (χ1) is 24.9. The third-order valence-corrected chi connectivity index (χ3v) is 15.8. The summed E-state index contributed by atoms with van der Waals surface area (Å²) in [6.45, 7) is 8.91. The molecule has 0 amide bonds. The Morgan fingerprint density at radius 3 is 2.65 bits per heavy atom. The van der Waals surface area contributed by atoms with Crippen molar-refractivity contribution in [3.8, 4) is 12.1 Å². The summed E-state index contributed by atoms with van der Waals surface area (Å²) in [6.07, 6.45) is 35.4. The van der Waals surface area contributed by atoms with Gasteiger partial charge in [0.15, 0.2) is 0 Å². The zero-order chi connectivity index (χ0) is 35.2. The van der Waals surface area contributed by atoms with Gasteiger partial charge in [-0.05, 0) is 96.9 Å². The number of fused-ring (bicyclic) bond motifs is 6. The summed E-state index contributed by atoms with van der Waals surface area (Å²) in [6, 6.07) is 13.8. The molecule has 0 spiro atoms. The van der Waals surface area contributed by atoms with Gasteiger partial charge in [-0.1, -0.05) is 116 Å². The van der Waals surface area contributed by atoms with Gasteiger partial charge in [-0.2, -0.15) is 10.5 Å². The topological polar surface area (TPSA) is 47.6 Å². The van der Waals surface area contributed by atoms with Crippen LogP contribution in [0.2, 0.25) is 0 Å². The Bertz CT molecular complexity index is 2060. The number of hydrogen-bond donors (Lipinski definition) is 0. The SMILES string of the molecule is C/C=C\C(/C(C)=C1\C(C2=CC3C(C=C2)SC2C3C=CC3C4=C(C=CC(C5=C(C#N)C=CCC5)C4)SC32)=CC=C[C@@H]1C#N)C(C)c1ccccc1C. The maximum Gasteiger partial charge on any atom is 0.0991 e. The quantitative estimate of drug-likeness (QED) is 0.277. The summed E-state index contributed by atoms with van der Waals surface area (Å²) in [5.41, 5.74) is 11.4. The van der Waals surface area contributed by atoms with Crippen LogP contribution in [0, 0.1) is 65.1 Å². The summed E-state index contributed by atoms with van der Waals surface area (Å²) < 4.78 is 0. The minimum Gasteiger partial charge on any atom is -0.197 e. The van der Waals surface area contributed by atoms with E-state index in [4.69, 9.17) is 0 Å². The molecule has 51 heavy (non-hydrogen) atoms. The molecule has 1 fully saturated rings. The highest BCUT2D eigenvalue weighted by molar-refractivity contribution is 8.06. The molecule has 0 radical (unpaired) electrons. The van der Waals surface area contributed by atoms with Gasteiger partial charge in [-0.15, -0.1) is 23.5 Å². The number of allylic oxidation sites excluding steroid dienone is 20. The first kappa shape index (κ1) is 34.1. The van der Waals surface area contributed by atoms with Crippen LogP contribution in [0.4, 0.5) is 0 Å². The molecule has 0 N–H and O–H groups in total. The Hall–Kier alpha value is -3.96. The van der Waals surface area contributed by atoms with E-state index in [1.54, 1.807) is 5.57 Å². The van der Waals surface area contributed by atoms with Gasteiger partial charge in [-0.25, -0.2) is 0 Å². The fraction of sp³-hybridized carbons (Fsp3) is 0.362. The average Bonchev–Trinajstić information content (AvgIpc) is 3.74. The van der Waals surface area contributed by atoms with Crippen molar-refractivity contribution in [2.45, 2.75) is 68.6 Å². The smallest absolute Gasteiger partial charge is 0.0991 e. The Morgan fingerprint density at radius 2 is 1.84 bits per heavy atom.